The van der Waals surface area contributed by atoms with E-state index in [2.05, 4.69) is 109 Å². The van der Waals surface area contributed by atoms with E-state index in [1.165, 1.54) is 0 Å². The van der Waals surface area contributed by atoms with E-state index in [1.54, 1.807) is 0 Å². The molecule has 202 valence electrons. The van der Waals surface area contributed by atoms with E-state index in [4.69, 9.17) is 0 Å². The molecule has 0 bridgehead atoms. The number of hydrogen-bond donors (Lipinski definition) is 0. The molecule has 2 heteroatoms. The number of rotatable bonds is 8. The van der Waals surface area contributed by atoms with Crippen molar-refractivity contribution in [2.45, 2.75) is 9.79 Å². The first-order valence-corrected chi connectivity index (χ1v) is 15.2. The summed E-state index contributed by atoms with van der Waals surface area (Å²) in [6.45, 7) is 0. The van der Waals surface area contributed by atoms with Crippen molar-refractivity contribution in [1.29, 1.82) is 0 Å². The Morgan fingerprint density at radius 1 is 0.357 bits per heavy atom. The van der Waals surface area contributed by atoms with Gasteiger partial charge in [0.05, 0.1) is 0 Å². The largest absolute Gasteiger partial charge is 0.606 e. The lowest BCUT2D eigenvalue weighted by Gasteiger charge is -2.12. The van der Waals surface area contributed by atoms with Crippen LogP contribution in [0.25, 0.3) is 23.3 Å². The molecular formula is C40H30OS. The molecule has 0 amide bonds. The summed E-state index contributed by atoms with van der Waals surface area (Å²) in [7, 11) is 0. The lowest BCUT2D eigenvalue weighted by molar-refractivity contribution is 0.595. The van der Waals surface area contributed by atoms with Gasteiger partial charge in [0.15, 0.2) is 9.79 Å². The fourth-order valence-corrected chi connectivity index (χ4v) is 6.02. The molecule has 1 nitrogen and oxygen atoms in total. The minimum absolute atomic E-state index is 0.783. The Kier molecular flexibility index (Phi) is 8.56. The van der Waals surface area contributed by atoms with Gasteiger partial charge in [0.1, 0.15) is 0 Å². The molecule has 0 aliphatic carbocycles. The van der Waals surface area contributed by atoms with Gasteiger partial charge in [0, 0.05) is 11.2 Å². The minimum Gasteiger partial charge on any atom is -0.606 e. The van der Waals surface area contributed by atoms with E-state index in [0.29, 0.717) is 0 Å². The molecule has 6 aromatic rings. The molecule has 0 unspecified atom stereocenters. The molecule has 0 atom stereocenters. The predicted molar refractivity (Wildman–Crippen MR) is 177 cm³/mol. The van der Waals surface area contributed by atoms with Crippen molar-refractivity contribution in [2.24, 2.45) is 0 Å². The van der Waals surface area contributed by atoms with Crippen molar-refractivity contribution in [3.8, 4) is 0 Å². The maximum Gasteiger partial charge on any atom is 0.158 e. The molecule has 0 heterocycles. The summed E-state index contributed by atoms with van der Waals surface area (Å²) in [5, 5.41) is 0. The average molecular weight is 559 g/mol. The first kappa shape index (κ1) is 27.3. The molecule has 0 aliphatic rings. The Balaban J connectivity index is 1.24. The van der Waals surface area contributed by atoms with E-state index in [1.807, 2.05) is 72.8 Å². The summed E-state index contributed by atoms with van der Waals surface area (Å²) < 4.78 is 13.5. The maximum absolute atomic E-state index is 13.5. The van der Waals surface area contributed by atoms with Gasteiger partial charge in [-0.1, -0.05) is 121 Å². The van der Waals surface area contributed by atoms with Gasteiger partial charge in [0.2, 0.25) is 0 Å². The van der Waals surface area contributed by atoms with Crippen LogP contribution in [0.5, 0.6) is 0 Å². The quantitative estimate of drug-likeness (QED) is 0.135. The second kappa shape index (κ2) is 13.2. The normalized spacial score (nSPS) is 10.7. The second-order valence-corrected chi connectivity index (χ2v) is 11.5. The Morgan fingerprint density at radius 2 is 0.619 bits per heavy atom. The van der Waals surface area contributed by atoms with Crippen LogP contribution in [0.15, 0.2) is 180 Å². The zero-order valence-corrected chi connectivity index (χ0v) is 24.0. The molecule has 0 spiro atoms. The summed E-state index contributed by atoms with van der Waals surface area (Å²) in [6, 6.07) is 57.7. The highest BCUT2D eigenvalue weighted by atomic mass is 32.2. The number of hydrogen-bond acceptors (Lipinski definition) is 1. The van der Waals surface area contributed by atoms with E-state index >= 15 is 0 Å². The third-order valence-corrected chi connectivity index (χ3v) is 8.55. The Bertz CT molecular complexity index is 1550. The van der Waals surface area contributed by atoms with Gasteiger partial charge in [-0.25, -0.2) is 0 Å². The third-order valence-electron chi connectivity index (χ3n) is 7.15. The molecule has 6 rings (SSSR count). The molecule has 0 aliphatic heterocycles. The van der Waals surface area contributed by atoms with Crippen LogP contribution in [0.2, 0.25) is 0 Å². The van der Waals surface area contributed by atoms with Crippen molar-refractivity contribution >= 4 is 34.5 Å². The van der Waals surface area contributed by atoms with Crippen molar-refractivity contribution in [3.63, 3.8) is 0 Å². The molecule has 0 saturated carbocycles. The molecule has 0 aromatic heterocycles. The monoisotopic (exact) mass is 558 g/mol. The van der Waals surface area contributed by atoms with Crippen LogP contribution >= 0.6 is 0 Å². The van der Waals surface area contributed by atoms with Gasteiger partial charge < -0.3 is 4.55 Å². The highest BCUT2D eigenvalue weighted by Crippen LogP contribution is 2.29. The average Bonchev–Trinajstić information content (AvgIpc) is 3.08. The summed E-state index contributed by atoms with van der Waals surface area (Å²) >= 11 is -1.27. The lowest BCUT2D eigenvalue weighted by atomic mass is 9.96. The first-order valence-electron chi connectivity index (χ1n) is 14.0. The number of benzene rings is 6. The molecule has 0 fully saturated rings. The highest BCUT2D eigenvalue weighted by Gasteiger charge is 2.15. The molecular weight excluding hydrogens is 529 g/mol. The Hall–Kier alpha value is -4.89. The first-order chi connectivity index (χ1) is 20.7. The fourth-order valence-electron chi connectivity index (χ4n) is 4.98. The zero-order valence-electron chi connectivity index (χ0n) is 23.1. The van der Waals surface area contributed by atoms with Gasteiger partial charge in [-0.15, -0.1) is 0 Å². The van der Waals surface area contributed by atoms with E-state index in [0.717, 1.165) is 54.3 Å². The van der Waals surface area contributed by atoms with Crippen molar-refractivity contribution in [3.05, 3.63) is 203 Å². The summed E-state index contributed by atoms with van der Waals surface area (Å²) in [6.07, 6.45) is 4.38. The van der Waals surface area contributed by atoms with Gasteiger partial charge >= 0.3 is 0 Å². The van der Waals surface area contributed by atoms with Crippen LogP contribution in [-0.4, -0.2) is 4.55 Å². The fraction of sp³-hybridized carbons (Fsp3) is 0. The lowest BCUT2D eigenvalue weighted by Crippen LogP contribution is -2.02. The highest BCUT2D eigenvalue weighted by molar-refractivity contribution is 7.91. The summed E-state index contributed by atoms with van der Waals surface area (Å²) in [5.41, 5.74) is 9.07. The van der Waals surface area contributed by atoms with E-state index < -0.39 is 11.2 Å². The van der Waals surface area contributed by atoms with Crippen LogP contribution in [0, 0.1) is 0 Å². The van der Waals surface area contributed by atoms with E-state index in [-0.39, 0.29) is 0 Å². The van der Waals surface area contributed by atoms with Crippen LogP contribution in [0.4, 0.5) is 0 Å². The van der Waals surface area contributed by atoms with Gasteiger partial charge in [-0.3, -0.25) is 0 Å². The molecule has 0 N–H and O–H groups in total. The molecule has 6 aromatic carbocycles. The Morgan fingerprint density at radius 3 is 0.881 bits per heavy atom. The van der Waals surface area contributed by atoms with Crippen LogP contribution in [-0.2, 0) is 11.2 Å². The summed E-state index contributed by atoms with van der Waals surface area (Å²) in [4.78, 5) is 1.57. The smallest absolute Gasteiger partial charge is 0.158 e. The zero-order chi connectivity index (χ0) is 28.6. The molecule has 0 radical (unpaired) electrons. The van der Waals surface area contributed by atoms with Gasteiger partial charge in [0.25, 0.3) is 0 Å². The molecule has 42 heavy (non-hydrogen) atoms. The van der Waals surface area contributed by atoms with Crippen LogP contribution < -0.4 is 0 Å². The Labute approximate surface area is 251 Å². The van der Waals surface area contributed by atoms with Gasteiger partial charge in [-0.05, 0) is 105 Å². The van der Waals surface area contributed by atoms with Crippen LogP contribution in [0.1, 0.15) is 33.4 Å². The van der Waals surface area contributed by atoms with E-state index in [9.17, 15) is 4.55 Å². The van der Waals surface area contributed by atoms with Crippen molar-refractivity contribution in [2.75, 3.05) is 0 Å². The summed E-state index contributed by atoms with van der Waals surface area (Å²) in [5.74, 6) is 0. The maximum atomic E-state index is 13.5. The third kappa shape index (κ3) is 6.53. The van der Waals surface area contributed by atoms with Gasteiger partial charge in [-0.2, -0.15) is 0 Å². The second-order valence-electron chi connectivity index (χ2n) is 9.99. The van der Waals surface area contributed by atoms with Crippen molar-refractivity contribution in [1.82, 2.24) is 0 Å². The topological polar surface area (TPSA) is 23.1 Å². The predicted octanol–water partition coefficient (Wildman–Crippen LogP) is 10.0. The minimum atomic E-state index is -1.27. The van der Waals surface area contributed by atoms with Crippen LogP contribution in [0.3, 0.4) is 0 Å². The van der Waals surface area contributed by atoms with Crippen molar-refractivity contribution < 1.29 is 4.55 Å². The standard InChI is InChI=1S/C40H30OS/c41-42(37-25-21-31(22-26-37)29-39(33-13-5-1-6-14-33)34-15-7-2-8-16-34)38-27-23-32(24-28-38)30-40(35-17-9-3-10-18-35)36-19-11-4-12-20-36/h1-30H. The SMILES string of the molecule is [O-][S+](c1ccc(C=C(c2ccccc2)c2ccccc2)cc1)c1ccc(C=C(c2ccccc2)c2ccccc2)cc1. The molecule has 0 saturated heterocycles.